The number of ether oxygens (including phenoxy) is 2. The molecule has 1 atom stereocenters. The summed E-state index contributed by atoms with van der Waals surface area (Å²) < 4.78 is 9.82. The zero-order valence-corrected chi connectivity index (χ0v) is 6.16. The second-order valence-electron chi connectivity index (χ2n) is 2.18. The van der Waals surface area contributed by atoms with Crippen LogP contribution in [0.5, 0.6) is 0 Å². The van der Waals surface area contributed by atoms with E-state index in [2.05, 4.69) is 0 Å². The third-order valence-corrected chi connectivity index (χ3v) is 1.56. The lowest BCUT2D eigenvalue weighted by molar-refractivity contribution is -0.136. The minimum absolute atomic E-state index is 0.00523. The first-order valence-electron chi connectivity index (χ1n) is 3.15. The van der Waals surface area contributed by atoms with Gasteiger partial charge in [0, 0.05) is 7.11 Å². The second-order valence-corrected chi connectivity index (χ2v) is 2.18. The molecule has 10 heavy (non-hydrogen) atoms. The van der Waals surface area contributed by atoms with Gasteiger partial charge in [0.05, 0.1) is 0 Å². The molecule has 1 rings (SSSR count). The van der Waals surface area contributed by atoms with Gasteiger partial charge in [0.25, 0.3) is 5.91 Å². The molecule has 0 saturated carbocycles. The molecule has 0 radical (unpaired) electrons. The predicted octanol–water partition coefficient (Wildman–Crippen LogP) is -0.205. The van der Waals surface area contributed by atoms with E-state index in [1.165, 1.54) is 0 Å². The first-order chi connectivity index (χ1) is 4.75. The molecule has 1 saturated heterocycles. The molecule has 1 unspecified atom stereocenters. The minimum Gasteiger partial charge on any atom is -0.362 e. The molecule has 1 amide bonds. The Bertz CT molecular complexity index is 137. The summed E-state index contributed by atoms with van der Waals surface area (Å²) in [6, 6.07) is 0. The van der Waals surface area contributed by atoms with Crippen molar-refractivity contribution in [2.45, 2.75) is 13.2 Å². The lowest BCUT2D eigenvalue weighted by Gasteiger charge is -2.20. The van der Waals surface area contributed by atoms with Crippen LogP contribution in [0.15, 0.2) is 0 Å². The number of rotatable bonds is 2. The highest BCUT2D eigenvalue weighted by Gasteiger charge is 2.25. The smallest absolute Gasteiger partial charge is 0.252 e. The molecule has 0 aliphatic carbocycles. The highest BCUT2D eigenvalue weighted by atomic mass is 16.5. The van der Waals surface area contributed by atoms with Crippen LogP contribution in [0.1, 0.15) is 6.92 Å². The Morgan fingerprint density at radius 2 is 2.50 bits per heavy atom. The van der Waals surface area contributed by atoms with Gasteiger partial charge in [-0.05, 0) is 6.92 Å². The molecule has 1 aliphatic rings. The zero-order chi connectivity index (χ0) is 7.56. The summed E-state index contributed by atoms with van der Waals surface area (Å²) in [5.74, 6) is -0.00523. The molecule has 4 heteroatoms. The lowest BCUT2D eigenvalue weighted by Crippen LogP contribution is -2.35. The molecule has 0 spiro atoms. The first-order valence-corrected chi connectivity index (χ1v) is 3.15. The van der Waals surface area contributed by atoms with Crippen LogP contribution in [-0.4, -0.2) is 37.5 Å². The lowest BCUT2D eigenvalue weighted by atomic mass is 10.5. The summed E-state index contributed by atoms with van der Waals surface area (Å²) in [5.41, 5.74) is 0. The molecule has 58 valence electrons. The predicted molar refractivity (Wildman–Crippen MR) is 34.1 cm³/mol. The summed E-state index contributed by atoms with van der Waals surface area (Å²) in [6.07, 6.45) is -0.171. The van der Waals surface area contributed by atoms with E-state index in [-0.39, 0.29) is 18.7 Å². The highest BCUT2D eigenvalue weighted by Crippen LogP contribution is 2.06. The SMILES string of the molecule is COC(C)N1COCC1=O. The van der Waals surface area contributed by atoms with Gasteiger partial charge in [0.15, 0.2) is 0 Å². The van der Waals surface area contributed by atoms with Gasteiger partial charge in [0.1, 0.15) is 19.6 Å². The monoisotopic (exact) mass is 145 g/mol. The van der Waals surface area contributed by atoms with Gasteiger partial charge in [-0.1, -0.05) is 0 Å². The highest BCUT2D eigenvalue weighted by molar-refractivity contribution is 5.78. The molecule has 1 fully saturated rings. The van der Waals surface area contributed by atoms with E-state index in [4.69, 9.17) is 9.47 Å². The number of amides is 1. The summed E-state index contributed by atoms with van der Waals surface area (Å²) in [7, 11) is 1.57. The Hall–Kier alpha value is -0.610. The average Bonchev–Trinajstić information content (AvgIpc) is 2.34. The Kier molecular flexibility index (Phi) is 2.24. The molecule has 0 N–H and O–H groups in total. The fourth-order valence-corrected chi connectivity index (χ4v) is 0.821. The van der Waals surface area contributed by atoms with Crippen LogP contribution >= 0.6 is 0 Å². The van der Waals surface area contributed by atoms with Crippen LogP contribution in [0.4, 0.5) is 0 Å². The molecular weight excluding hydrogens is 134 g/mol. The van der Waals surface area contributed by atoms with Gasteiger partial charge in [0.2, 0.25) is 0 Å². The van der Waals surface area contributed by atoms with E-state index in [0.29, 0.717) is 6.73 Å². The van der Waals surface area contributed by atoms with Gasteiger partial charge < -0.3 is 9.47 Å². The van der Waals surface area contributed by atoms with Crippen LogP contribution in [0, 0.1) is 0 Å². The number of hydrogen-bond donors (Lipinski definition) is 0. The topological polar surface area (TPSA) is 38.8 Å². The van der Waals surface area contributed by atoms with Crippen molar-refractivity contribution >= 4 is 5.91 Å². The van der Waals surface area contributed by atoms with Crippen molar-refractivity contribution in [2.75, 3.05) is 20.4 Å². The zero-order valence-electron chi connectivity index (χ0n) is 6.16. The van der Waals surface area contributed by atoms with Crippen molar-refractivity contribution in [2.24, 2.45) is 0 Å². The van der Waals surface area contributed by atoms with E-state index in [0.717, 1.165) is 0 Å². The Labute approximate surface area is 59.7 Å². The standard InChI is InChI=1S/C6H11NO3/c1-5(9-2)7-4-10-3-6(7)8/h5H,3-4H2,1-2H3. The van der Waals surface area contributed by atoms with Gasteiger partial charge in [-0.25, -0.2) is 0 Å². The first kappa shape index (κ1) is 7.50. The van der Waals surface area contributed by atoms with Crippen molar-refractivity contribution in [3.63, 3.8) is 0 Å². The largest absolute Gasteiger partial charge is 0.362 e. The Morgan fingerprint density at radius 1 is 1.80 bits per heavy atom. The summed E-state index contributed by atoms with van der Waals surface area (Å²) in [5, 5.41) is 0. The minimum atomic E-state index is -0.171. The number of nitrogens with zero attached hydrogens (tertiary/aromatic N) is 1. The van der Waals surface area contributed by atoms with Crippen LogP contribution in [0.2, 0.25) is 0 Å². The molecule has 0 aromatic carbocycles. The molecule has 4 nitrogen and oxygen atoms in total. The number of carbonyl (C=O) groups excluding carboxylic acids is 1. The van der Waals surface area contributed by atoms with Gasteiger partial charge in [-0.15, -0.1) is 0 Å². The van der Waals surface area contributed by atoms with Crippen molar-refractivity contribution in [1.82, 2.24) is 4.90 Å². The number of methoxy groups -OCH3 is 1. The summed E-state index contributed by atoms with van der Waals surface area (Å²) >= 11 is 0. The third-order valence-electron chi connectivity index (χ3n) is 1.56. The van der Waals surface area contributed by atoms with Gasteiger partial charge in [-0.2, -0.15) is 0 Å². The third kappa shape index (κ3) is 1.27. The normalized spacial score (nSPS) is 21.8. The fourth-order valence-electron chi connectivity index (χ4n) is 0.821. The van der Waals surface area contributed by atoms with E-state index >= 15 is 0 Å². The van der Waals surface area contributed by atoms with Gasteiger partial charge >= 0.3 is 0 Å². The quantitative estimate of drug-likeness (QED) is 0.540. The maximum atomic E-state index is 10.9. The van der Waals surface area contributed by atoms with Gasteiger partial charge in [-0.3, -0.25) is 9.69 Å². The van der Waals surface area contributed by atoms with Crippen molar-refractivity contribution in [1.29, 1.82) is 0 Å². The second kappa shape index (κ2) is 2.98. The molecule has 1 heterocycles. The molecule has 1 aliphatic heterocycles. The molecule has 0 aromatic heterocycles. The molecule has 0 aromatic rings. The Balaban J connectivity index is 2.46. The molecular formula is C6H11NO3. The van der Waals surface area contributed by atoms with Crippen LogP contribution in [-0.2, 0) is 14.3 Å². The molecule has 0 bridgehead atoms. The van der Waals surface area contributed by atoms with Crippen LogP contribution in [0.25, 0.3) is 0 Å². The number of carbonyl (C=O) groups is 1. The van der Waals surface area contributed by atoms with Crippen LogP contribution in [0.3, 0.4) is 0 Å². The summed E-state index contributed by atoms with van der Waals surface area (Å²) in [6.45, 7) is 2.36. The van der Waals surface area contributed by atoms with E-state index in [9.17, 15) is 4.79 Å². The van der Waals surface area contributed by atoms with Crippen molar-refractivity contribution in [3.8, 4) is 0 Å². The van der Waals surface area contributed by atoms with Crippen LogP contribution < -0.4 is 0 Å². The summed E-state index contributed by atoms with van der Waals surface area (Å²) in [4.78, 5) is 12.4. The maximum Gasteiger partial charge on any atom is 0.252 e. The van der Waals surface area contributed by atoms with E-state index in [1.807, 2.05) is 6.92 Å². The van der Waals surface area contributed by atoms with Crippen molar-refractivity contribution in [3.05, 3.63) is 0 Å². The Morgan fingerprint density at radius 3 is 2.90 bits per heavy atom. The van der Waals surface area contributed by atoms with Crippen molar-refractivity contribution < 1.29 is 14.3 Å². The van der Waals surface area contributed by atoms with E-state index < -0.39 is 0 Å². The fraction of sp³-hybridized carbons (Fsp3) is 0.833. The maximum absolute atomic E-state index is 10.9. The van der Waals surface area contributed by atoms with E-state index in [1.54, 1.807) is 12.0 Å². The average molecular weight is 145 g/mol. The number of hydrogen-bond acceptors (Lipinski definition) is 3.